The minimum atomic E-state index is 0.0605. The molecule has 3 aromatic carbocycles. The Hall–Kier alpha value is -3.34. The fraction of sp³-hybridized carbons (Fsp3) is 0.100. The van der Waals surface area contributed by atoms with E-state index in [1.54, 1.807) is 44.6 Å². The van der Waals surface area contributed by atoms with Crippen LogP contribution in [0.15, 0.2) is 77.0 Å². The van der Waals surface area contributed by atoms with Gasteiger partial charge in [0.15, 0.2) is 0 Å². The molecule has 0 aromatic heterocycles. The molecule has 0 atom stereocenters. The summed E-state index contributed by atoms with van der Waals surface area (Å²) in [5.41, 5.74) is 2.89. The van der Waals surface area contributed by atoms with E-state index in [1.165, 1.54) is 0 Å². The molecule has 0 unspecified atom stereocenters. The van der Waals surface area contributed by atoms with Crippen molar-refractivity contribution in [2.24, 2.45) is 10.2 Å². The Morgan fingerprint density at radius 3 is 2.20 bits per heavy atom. The fourth-order valence-electron chi connectivity index (χ4n) is 2.40. The van der Waals surface area contributed by atoms with Crippen LogP contribution in [0.2, 0.25) is 0 Å². The molecule has 0 fully saturated rings. The highest BCUT2D eigenvalue weighted by Crippen LogP contribution is 2.36. The van der Waals surface area contributed by atoms with E-state index in [0.717, 1.165) is 11.1 Å². The van der Waals surface area contributed by atoms with Crippen LogP contribution >= 0.6 is 0 Å². The Morgan fingerprint density at radius 2 is 1.48 bits per heavy atom. The molecule has 0 aliphatic carbocycles. The van der Waals surface area contributed by atoms with E-state index in [1.807, 2.05) is 36.4 Å². The molecule has 0 spiro atoms. The number of hydrogen-bond donors (Lipinski definition) is 1. The van der Waals surface area contributed by atoms with E-state index in [0.29, 0.717) is 22.9 Å². The molecule has 3 rings (SSSR count). The molecule has 5 nitrogen and oxygen atoms in total. The first-order valence-electron chi connectivity index (χ1n) is 7.73. The van der Waals surface area contributed by atoms with Crippen molar-refractivity contribution in [3.05, 3.63) is 66.7 Å². The van der Waals surface area contributed by atoms with E-state index in [-0.39, 0.29) is 5.75 Å². The molecule has 126 valence electrons. The number of nitrogens with zero attached hydrogens (tertiary/aromatic N) is 2. The number of aromatic hydroxyl groups is 1. The highest BCUT2D eigenvalue weighted by Gasteiger charge is 2.07. The van der Waals surface area contributed by atoms with Gasteiger partial charge in [0.25, 0.3) is 0 Å². The number of azo groups is 1. The van der Waals surface area contributed by atoms with Crippen molar-refractivity contribution in [3.8, 4) is 28.4 Å². The van der Waals surface area contributed by atoms with Crippen LogP contribution < -0.4 is 9.47 Å². The molecule has 0 radical (unpaired) electrons. The lowest BCUT2D eigenvalue weighted by Crippen LogP contribution is -1.86. The Labute approximate surface area is 146 Å². The molecule has 0 aliphatic heterocycles. The SMILES string of the molecule is COc1ccc(OC)c(N=Nc2cc(-c3ccccc3)ccc2O)c1. The Morgan fingerprint density at radius 1 is 0.720 bits per heavy atom. The predicted molar refractivity (Wildman–Crippen MR) is 97.3 cm³/mol. The van der Waals surface area contributed by atoms with Gasteiger partial charge in [-0.25, -0.2) is 0 Å². The summed E-state index contributed by atoms with van der Waals surface area (Å²) in [5.74, 6) is 1.28. The maximum absolute atomic E-state index is 10.1. The van der Waals surface area contributed by atoms with E-state index in [4.69, 9.17) is 9.47 Å². The number of ether oxygens (including phenoxy) is 2. The van der Waals surface area contributed by atoms with E-state index in [9.17, 15) is 5.11 Å². The maximum atomic E-state index is 10.1. The summed E-state index contributed by atoms with van der Waals surface area (Å²) < 4.78 is 10.5. The summed E-state index contributed by atoms with van der Waals surface area (Å²) >= 11 is 0. The molecule has 1 N–H and O–H groups in total. The molecule has 0 bridgehead atoms. The number of rotatable bonds is 5. The van der Waals surface area contributed by atoms with Gasteiger partial charge in [0.2, 0.25) is 0 Å². The third kappa shape index (κ3) is 3.77. The van der Waals surface area contributed by atoms with Crippen LogP contribution in [-0.2, 0) is 0 Å². The molecule has 3 aromatic rings. The van der Waals surface area contributed by atoms with Crippen LogP contribution in [0.3, 0.4) is 0 Å². The number of phenols is 1. The first-order chi connectivity index (χ1) is 12.2. The maximum Gasteiger partial charge on any atom is 0.146 e. The third-order valence-corrected chi connectivity index (χ3v) is 3.73. The number of benzene rings is 3. The summed E-state index contributed by atoms with van der Waals surface area (Å²) in [6.07, 6.45) is 0. The average molecular weight is 334 g/mol. The van der Waals surface area contributed by atoms with Gasteiger partial charge in [-0.2, -0.15) is 0 Å². The molecule has 25 heavy (non-hydrogen) atoms. The molecule has 5 heteroatoms. The second-order valence-corrected chi connectivity index (χ2v) is 5.31. The van der Waals surface area contributed by atoms with Crippen molar-refractivity contribution < 1.29 is 14.6 Å². The molecule has 0 aliphatic rings. The van der Waals surface area contributed by atoms with Gasteiger partial charge in [-0.3, -0.25) is 0 Å². The zero-order chi connectivity index (χ0) is 17.6. The molecular weight excluding hydrogens is 316 g/mol. The van der Waals surface area contributed by atoms with Crippen molar-refractivity contribution in [1.29, 1.82) is 0 Å². The zero-order valence-electron chi connectivity index (χ0n) is 14.0. The van der Waals surface area contributed by atoms with Crippen molar-refractivity contribution in [2.75, 3.05) is 14.2 Å². The normalized spacial score (nSPS) is 10.8. The second kappa shape index (κ2) is 7.49. The fourth-order valence-corrected chi connectivity index (χ4v) is 2.40. The lowest BCUT2D eigenvalue weighted by atomic mass is 10.1. The monoisotopic (exact) mass is 334 g/mol. The number of methoxy groups -OCH3 is 2. The van der Waals surface area contributed by atoms with Crippen LogP contribution in [0.5, 0.6) is 17.2 Å². The van der Waals surface area contributed by atoms with Gasteiger partial charge in [-0.15, -0.1) is 10.2 Å². The first kappa shape index (κ1) is 16.5. The van der Waals surface area contributed by atoms with Crippen LogP contribution in [0, 0.1) is 0 Å². The predicted octanol–water partition coefficient (Wildman–Crippen LogP) is 5.49. The highest BCUT2D eigenvalue weighted by atomic mass is 16.5. The largest absolute Gasteiger partial charge is 0.506 e. The van der Waals surface area contributed by atoms with Gasteiger partial charge in [0, 0.05) is 6.07 Å². The van der Waals surface area contributed by atoms with Crippen LogP contribution in [-0.4, -0.2) is 19.3 Å². The lowest BCUT2D eigenvalue weighted by Gasteiger charge is -2.07. The summed E-state index contributed by atoms with van der Waals surface area (Å²) in [6, 6.07) is 20.4. The quantitative estimate of drug-likeness (QED) is 0.627. The van der Waals surface area contributed by atoms with E-state index >= 15 is 0 Å². The summed E-state index contributed by atoms with van der Waals surface area (Å²) in [6.45, 7) is 0. The Balaban J connectivity index is 1.96. The minimum absolute atomic E-state index is 0.0605. The molecule has 0 heterocycles. The van der Waals surface area contributed by atoms with Crippen molar-refractivity contribution in [2.45, 2.75) is 0 Å². The molecule has 0 saturated carbocycles. The Kier molecular flexibility index (Phi) is 4.95. The van der Waals surface area contributed by atoms with E-state index < -0.39 is 0 Å². The Bertz CT molecular complexity index is 893. The van der Waals surface area contributed by atoms with Crippen LogP contribution in [0.4, 0.5) is 11.4 Å². The van der Waals surface area contributed by atoms with Gasteiger partial charge < -0.3 is 14.6 Å². The van der Waals surface area contributed by atoms with Gasteiger partial charge in [0.1, 0.15) is 28.6 Å². The smallest absolute Gasteiger partial charge is 0.146 e. The third-order valence-electron chi connectivity index (χ3n) is 3.73. The average Bonchev–Trinajstić information content (AvgIpc) is 2.67. The van der Waals surface area contributed by atoms with Crippen molar-refractivity contribution in [3.63, 3.8) is 0 Å². The zero-order valence-corrected chi connectivity index (χ0v) is 14.0. The van der Waals surface area contributed by atoms with Crippen molar-refractivity contribution in [1.82, 2.24) is 0 Å². The van der Waals surface area contributed by atoms with Crippen LogP contribution in [0.1, 0.15) is 0 Å². The molecular formula is C20H18N2O3. The minimum Gasteiger partial charge on any atom is -0.506 e. The van der Waals surface area contributed by atoms with Gasteiger partial charge >= 0.3 is 0 Å². The lowest BCUT2D eigenvalue weighted by molar-refractivity contribution is 0.404. The number of hydrogen-bond acceptors (Lipinski definition) is 5. The standard InChI is InChI=1S/C20H18N2O3/c1-24-16-9-11-20(25-2)18(13-16)22-21-17-12-15(8-10-19(17)23)14-6-4-3-5-7-14/h3-13,23H,1-2H3. The topological polar surface area (TPSA) is 63.4 Å². The summed E-state index contributed by atoms with van der Waals surface area (Å²) in [7, 11) is 3.15. The second-order valence-electron chi connectivity index (χ2n) is 5.31. The van der Waals surface area contributed by atoms with Gasteiger partial charge in [0.05, 0.1) is 14.2 Å². The molecule has 0 saturated heterocycles. The van der Waals surface area contributed by atoms with Crippen molar-refractivity contribution >= 4 is 11.4 Å². The van der Waals surface area contributed by atoms with Gasteiger partial charge in [-0.05, 0) is 35.4 Å². The van der Waals surface area contributed by atoms with Crippen LogP contribution in [0.25, 0.3) is 11.1 Å². The number of phenolic OH excluding ortho intramolecular Hbond substituents is 1. The highest BCUT2D eigenvalue weighted by molar-refractivity contribution is 5.70. The first-order valence-corrected chi connectivity index (χ1v) is 7.73. The van der Waals surface area contributed by atoms with E-state index in [2.05, 4.69) is 10.2 Å². The summed E-state index contributed by atoms with van der Waals surface area (Å²) in [5, 5.41) is 18.5. The summed E-state index contributed by atoms with van der Waals surface area (Å²) in [4.78, 5) is 0. The van der Waals surface area contributed by atoms with Gasteiger partial charge in [-0.1, -0.05) is 36.4 Å². The molecule has 0 amide bonds.